The Bertz CT molecular complexity index is 2450. The summed E-state index contributed by atoms with van der Waals surface area (Å²) in [6, 6.07) is 37.3. The lowest BCUT2D eigenvalue weighted by Gasteiger charge is -2.36. The van der Waals surface area contributed by atoms with Crippen LogP contribution in [0.3, 0.4) is 0 Å². The second-order valence-electron chi connectivity index (χ2n) is 15.5. The van der Waals surface area contributed by atoms with Gasteiger partial charge in [-0.1, -0.05) is 84.9 Å². The highest BCUT2D eigenvalue weighted by molar-refractivity contribution is 5.86. The number of hydrogen-bond donors (Lipinski definition) is 1. The molecule has 0 radical (unpaired) electrons. The zero-order chi connectivity index (χ0) is 40.9. The molecule has 0 fully saturated rings. The predicted molar refractivity (Wildman–Crippen MR) is 228 cm³/mol. The summed E-state index contributed by atoms with van der Waals surface area (Å²) in [6.07, 6.45) is 1.91. The van der Waals surface area contributed by atoms with Crippen LogP contribution in [-0.4, -0.2) is 41.1 Å². The number of nitrogens with zero attached hydrogens (tertiary/aromatic N) is 2. The highest BCUT2D eigenvalue weighted by Crippen LogP contribution is 2.41. The molecule has 3 heterocycles. The molecule has 9 nitrogen and oxygen atoms in total. The van der Waals surface area contributed by atoms with Gasteiger partial charge in [-0.25, -0.2) is 4.79 Å². The summed E-state index contributed by atoms with van der Waals surface area (Å²) < 4.78 is 24.6. The number of benzene rings is 5. The second-order valence-corrected chi connectivity index (χ2v) is 15.5. The highest BCUT2D eigenvalue weighted by Gasteiger charge is 2.37. The number of nitrogens with one attached hydrogen (secondary N) is 1. The van der Waals surface area contributed by atoms with Crippen molar-refractivity contribution in [3.8, 4) is 28.4 Å². The van der Waals surface area contributed by atoms with Crippen molar-refractivity contribution in [2.75, 3.05) is 13.2 Å². The Morgan fingerprint density at radius 3 is 2.32 bits per heavy atom. The van der Waals surface area contributed by atoms with Gasteiger partial charge in [-0.2, -0.15) is 0 Å². The van der Waals surface area contributed by atoms with Crippen LogP contribution in [0, 0.1) is 27.7 Å². The van der Waals surface area contributed by atoms with Gasteiger partial charge in [-0.15, -0.1) is 0 Å². The number of amides is 2. The van der Waals surface area contributed by atoms with Crippen LogP contribution in [0.4, 0.5) is 4.79 Å². The zero-order valence-electron chi connectivity index (χ0n) is 34.0. The fourth-order valence-corrected chi connectivity index (χ4v) is 7.63. The SMILES string of the molecule is Cc1ccc(COc2ccc([C@H]3COc4cc5c(cc4O3)CN(C(=O)OCc3ccccc3)C(C(=O)NCCc3ccc(-c4ccnc(C)c4C)cc3)C5)cc2)cc1C. The van der Waals surface area contributed by atoms with E-state index in [1.54, 1.807) is 0 Å². The molecular formula is C50H49N3O6. The van der Waals surface area contributed by atoms with E-state index in [0.29, 0.717) is 44.1 Å². The maximum absolute atomic E-state index is 13.9. The molecule has 0 saturated heterocycles. The van der Waals surface area contributed by atoms with E-state index in [0.717, 1.165) is 61.5 Å². The number of aryl methyl sites for hydroxylation is 3. The average molecular weight is 788 g/mol. The molecule has 0 aliphatic carbocycles. The van der Waals surface area contributed by atoms with Gasteiger partial charge >= 0.3 is 6.09 Å². The number of fused-ring (bicyclic) bond motifs is 2. The first kappa shape index (κ1) is 39.2. The van der Waals surface area contributed by atoms with Crippen LogP contribution in [0.1, 0.15) is 61.9 Å². The predicted octanol–water partition coefficient (Wildman–Crippen LogP) is 9.50. The number of hydrogen-bond acceptors (Lipinski definition) is 7. The fraction of sp³-hybridized carbons (Fsp3) is 0.260. The van der Waals surface area contributed by atoms with Crippen LogP contribution in [0.2, 0.25) is 0 Å². The van der Waals surface area contributed by atoms with E-state index in [2.05, 4.69) is 73.5 Å². The first-order chi connectivity index (χ1) is 28.7. The fourth-order valence-electron chi connectivity index (χ4n) is 7.63. The minimum absolute atomic E-state index is 0.101. The first-order valence-corrected chi connectivity index (χ1v) is 20.2. The molecule has 2 amide bonds. The molecule has 1 N–H and O–H groups in total. The van der Waals surface area contributed by atoms with Crippen LogP contribution in [0.15, 0.2) is 121 Å². The third-order valence-corrected chi connectivity index (χ3v) is 11.5. The van der Waals surface area contributed by atoms with Crippen molar-refractivity contribution in [2.45, 2.75) is 72.4 Å². The summed E-state index contributed by atoms with van der Waals surface area (Å²) in [6.45, 7) is 9.84. The highest BCUT2D eigenvalue weighted by atomic mass is 16.6. The molecule has 1 aromatic heterocycles. The van der Waals surface area contributed by atoms with Gasteiger partial charge in [0.2, 0.25) is 5.91 Å². The van der Waals surface area contributed by atoms with Crippen LogP contribution < -0.4 is 19.5 Å². The summed E-state index contributed by atoms with van der Waals surface area (Å²) in [5.41, 5.74) is 12.8. The summed E-state index contributed by atoms with van der Waals surface area (Å²) in [7, 11) is 0. The number of carbonyl (C=O) groups is 2. The lowest BCUT2D eigenvalue weighted by atomic mass is 9.92. The standard InChI is InChI=1S/C50H49N3O6/c1-32-10-11-38(24-33(32)2)30-56-43-18-16-40(17-19-43)48-31-57-46-26-41-25-45(53(28-42(41)27-47(46)59-48)50(55)58-29-37-8-6-5-7-9-37)49(54)52-22-20-36-12-14-39(15-13-36)44-21-23-51-35(4)34(44)3/h5-19,21,23-24,26-27,45,48H,20,22,25,28-31H2,1-4H3,(H,52,54)/t45?,48-/m1/s1. The van der Waals surface area contributed by atoms with Crippen molar-refractivity contribution in [2.24, 2.45) is 0 Å². The van der Waals surface area contributed by atoms with Gasteiger partial charge < -0.3 is 24.3 Å². The Morgan fingerprint density at radius 1 is 0.780 bits per heavy atom. The second kappa shape index (κ2) is 17.5. The van der Waals surface area contributed by atoms with Gasteiger partial charge in [0.25, 0.3) is 0 Å². The quantitative estimate of drug-likeness (QED) is 0.140. The molecule has 0 bridgehead atoms. The monoisotopic (exact) mass is 787 g/mol. The van der Waals surface area contributed by atoms with Crippen molar-refractivity contribution in [3.63, 3.8) is 0 Å². The van der Waals surface area contributed by atoms with E-state index in [1.165, 1.54) is 16.0 Å². The van der Waals surface area contributed by atoms with Crippen LogP contribution in [0.25, 0.3) is 11.1 Å². The van der Waals surface area contributed by atoms with Crippen molar-refractivity contribution >= 4 is 12.0 Å². The smallest absolute Gasteiger partial charge is 0.411 e. The normalized spacial score (nSPS) is 15.6. The maximum atomic E-state index is 13.9. The molecule has 2 atom stereocenters. The molecule has 6 aromatic rings. The lowest BCUT2D eigenvalue weighted by Crippen LogP contribution is -2.53. The van der Waals surface area contributed by atoms with Gasteiger partial charge in [0, 0.05) is 24.9 Å². The van der Waals surface area contributed by atoms with Crippen molar-refractivity contribution in [1.29, 1.82) is 0 Å². The molecule has 2 aliphatic rings. The first-order valence-electron chi connectivity index (χ1n) is 20.2. The molecule has 0 saturated carbocycles. The maximum Gasteiger partial charge on any atom is 0.411 e. The van der Waals surface area contributed by atoms with Gasteiger partial charge in [-0.3, -0.25) is 14.7 Å². The third kappa shape index (κ3) is 9.10. The largest absolute Gasteiger partial charge is 0.489 e. The van der Waals surface area contributed by atoms with Gasteiger partial charge in [0.1, 0.15) is 31.6 Å². The van der Waals surface area contributed by atoms with E-state index in [1.807, 2.05) is 85.9 Å². The summed E-state index contributed by atoms with van der Waals surface area (Å²) >= 11 is 0. The Morgan fingerprint density at radius 2 is 1.54 bits per heavy atom. The minimum atomic E-state index is -0.767. The molecule has 300 valence electrons. The zero-order valence-corrected chi connectivity index (χ0v) is 34.0. The third-order valence-electron chi connectivity index (χ3n) is 11.5. The van der Waals surface area contributed by atoms with Crippen molar-refractivity contribution in [1.82, 2.24) is 15.2 Å². The van der Waals surface area contributed by atoms with Crippen molar-refractivity contribution < 1.29 is 28.5 Å². The summed E-state index contributed by atoms with van der Waals surface area (Å²) in [4.78, 5) is 33.6. The molecular weight excluding hydrogens is 739 g/mol. The number of ether oxygens (including phenoxy) is 4. The Hall–Kier alpha value is -6.61. The number of pyridine rings is 1. The Kier molecular flexibility index (Phi) is 11.6. The molecule has 1 unspecified atom stereocenters. The van der Waals surface area contributed by atoms with Gasteiger partial charge in [0.15, 0.2) is 17.6 Å². The number of carbonyl (C=O) groups excluding carboxylic acids is 2. The number of aromatic nitrogens is 1. The minimum Gasteiger partial charge on any atom is -0.489 e. The molecule has 5 aromatic carbocycles. The van der Waals surface area contributed by atoms with Gasteiger partial charge in [-0.05, 0) is 126 Å². The molecule has 8 rings (SSSR count). The lowest BCUT2D eigenvalue weighted by molar-refractivity contribution is -0.126. The Labute approximate surface area is 345 Å². The molecule has 2 aliphatic heterocycles. The van der Waals surface area contributed by atoms with E-state index >= 15 is 0 Å². The van der Waals surface area contributed by atoms with Crippen molar-refractivity contribution in [3.05, 3.63) is 177 Å². The van der Waals surface area contributed by atoms with Crippen LogP contribution in [-0.2, 0) is 42.1 Å². The molecule has 9 heteroatoms. The van der Waals surface area contributed by atoms with Crippen LogP contribution >= 0.6 is 0 Å². The van der Waals surface area contributed by atoms with Crippen LogP contribution in [0.5, 0.6) is 17.2 Å². The molecule has 0 spiro atoms. The average Bonchev–Trinajstić information content (AvgIpc) is 3.26. The topological polar surface area (TPSA) is 99.2 Å². The van der Waals surface area contributed by atoms with E-state index in [-0.39, 0.29) is 25.2 Å². The van der Waals surface area contributed by atoms with E-state index in [4.69, 9.17) is 18.9 Å². The summed E-state index contributed by atoms with van der Waals surface area (Å²) in [5.74, 6) is 1.75. The summed E-state index contributed by atoms with van der Waals surface area (Å²) in [5, 5.41) is 3.10. The Balaban J connectivity index is 0.934. The van der Waals surface area contributed by atoms with E-state index < -0.39 is 12.1 Å². The molecule has 59 heavy (non-hydrogen) atoms. The van der Waals surface area contributed by atoms with Gasteiger partial charge in [0.05, 0.1) is 6.54 Å². The van der Waals surface area contributed by atoms with E-state index in [9.17, 15) is 9.59 Å². The number of rotatable bonds is 11.